The molecule has 0 saturated carbocycles. The summed E-state index contributed by atoms with van der Waals surface area (Å²) >= 11 is 0. The number of carbonyl (C=O) groups is 2. The first kappa shape index (κ1) is 16.9. The summed E-state index contributed by atoms with van der Waals surface area (Å²) in [6, 6.07) is 7.27. The van der Waals surface area contributed by atoms with Crippen LogP contribution in [0.1, 0.15) is 29.0 Å². The fourth-order valence-electron chi connectivity index (χ4n) is 3.01. The van der Waals surface area contributed by atoms with Crippen molar-refractivity contribution in [3.8, 4) is 11.4 Å². The third kappa shape index (κ3) is 3.33. The minimum Gasteiger partial charge on any atom is -0.497 e. The minimum atomic E-state index is -0.865. The number of aromatic nitrogens is 3. The maximum Gasteiger partial charge on any atom is 0.308 e. The van der Waals surface area contributed by atoms with Crippen molar-refractivity contribution in [3.05, 3.63) is 35.7 Å². The fraction of sp³-hybridized carbons (Fsp3) is 0.412. The average Bonchev–Trinajstić information content (AvgIpc) is 3.02. The molecule has 3 rings (SSSR count). The number of amides is 1. The Bertz CT molecular complexity index is 784. The molecular formula is C17H20N4O4. The van der Waals surface area contributed by atoms with Gasteiger partial charge in [-0.15, -0.1) is 5.10 Å². The predicted molar refractivity (Wildman–Crippen MR) is 88.9 cm³/mol. The van der Waals surface area contributed by atoms with Crippen molar-refractivity contribution in [3.63, 3.8) is 0 Å². The zero-order chi connectivity index (χ0) is 18.0. The molecule has 1 unspecified atom stereocenters. The molecule has 1 aliphatic rings. The number of likely N-dealkylation sites (tertiary alicyclic amines) is 1. The van der Waals surface area contributed by atoms with Crippen LogP contribution < -0.4 is 4.74 Å². The van der Waals surface area contributed by atoms with Crippen LogP contribution in [-0.2, 0) is 4.79 Å². The number of methoxy groups -OCH3 is 1. The SMILES string of the molecule is COc1ccc(-n2nnc(C(=O)N3CCCC(C(=O)O)C3)c2C)cc1. The van der Waals surface area contributed by atoms with Crippen LogP contribution in [0.4, 0.5) is 0 Å². The second-order valence-corrected chi connectivity index (χ2v) is 6.06. The molecule has 0 bridgehead atoms. The fourth-order valence-corrected chi connectivity index (χ4v) is 3.01. The van der Waals surface area contributed by atoms with Crippen LogP contribution >= 0.6 is 0 Å². The molecule has 0 radical (unpaired) electrons. The van der Waals surface area contributed by atoms with E-state index >= 15 is 0 Å². The molecular weight excluding hydrogens is 324 g/mol. The van der Waals surface area contributed by atoms with Gasteiger partial charge >= 0.3 is 5.97 Å². The average molecular weight is 344 g/mol. The predicted octanol–water partition coefficient (Wildman–Crippen LogP) is 1.52. The second-order valence-electron chi connectivity index (χ2n) is 6.06. The van der Waals surface area contributed by atoms with Crippen molar-refractivity contribution in [2.24, 2.45) is 5.92 Å². The number of carboxylic acid groups (broad SMARTS) is 1. The first-order valence-corrected chi connectivity index (χ1v) is 8.10. The van der Waals surface area contributed by atoms with Crippen molar-refractivity contribution < 1.29 is 19.4 Å². The number of ether oxygens (including phenoxy) is 1. The Labute approximate surface area is 145 Å². The molecule has 1 amide bonds. The van der Waals surface area contributed by atoms with E-state index in [9.17, 15) is 14.7 Å². The van der Waals surface area contributed by atoms with Crippen molar-refractivity contribution in [1.29, 1.82) is 0 Å². The summed E-state index contributed by atoms with van der Waals surface area (Å²) in [7, 11) is 1.59. The first-order valence-electron chi connectivity index (χ1n) is 8.10. The van der Waals surface area contributed by atoms with Gasteiger partial charge in [-0.1, -0.05) is 5.21 Å². The Balaban J connectivity index is 1.82. The number of carbonyl (C=O) groups excluding carboxylic acids is 1. The molecule has 2 aromatic rings. The Hall–Kier alpha value is -2.90. The summed E-state index contributed by atoms with van der Waals surface area (Å²) < 4.78 is 6.72. The number of carboxylic acids is 1. The lowest BCUT2D eigenvalue weighted by atomic mass is 9.98. The minimum absolute atomic E-state index is 0.211. The maximum absolute atomic E-state index is 12.7. The highest BCUT2D eigenvalue weighted by Gasteiger charge is 2.31. The zero-order valence-electron chi connectivity index (χ0n) is 14.2. The van der Waals surface area contributed by atoms with Gasteiger partial charge in [0.15, 0.2) is 5.69 Å². The van der Waals surface area contributed by atoms with E-state index in [1.54, 1.807) is 35.7 Å². The van der Waals surface area contributed by atoms with Crippen LogP contribution in [0.15, 0.2) is 24.3 Å². The number of aliphatic carboxylic acids is 1. The number of nitrogens with zero attached hydrogens (tertiary/aromatic N) is 4. The molecule has 2 heterocycles. The van der Waals surface area contributed by atoms with E-state index in [0.717, 1.165) is 11.4 Å². The highest BCUT2D eigenvalue weighted by molar-refractivity contribution is 5.93. The zero-order valence-corrected chi connectivity index (χ0v) is 14.2. The van der Waals surface area contributed by atoms with Gasteiger partial charge in [-0.05, 0) is 44.0 Å². The van der Waals surface area contributed by atoms with E-state index < -0.39 is 11.9 Å². The molecule has 132 valence electrons. The van der Waals surface area contributed by atoms with Crippen molar-refractivity contribution in [1.82, 2.24) is 19.9 Å². The summed E-state index contributed by atoms with van der Waals surface area (Å²) in [4.78, 5) is 25.5. The summed E-state index contributed by atoms with van der Waals surface area (Å²) in [5, 5.41) is 17.3. The number of hydrogen-bond donors (Lipinski definition) is 1. The van der Waals surface area contributed by atoms with Crippen molar-refractivity contribution in [2.75, 3.05) is 20.2 Å². The van der Waals surface area contributed by atoms with E-state index in [2.05, 4.69) is 10.3 Å². The van der Waals surface area contributed by atoms with Crippen LogP contribution in [-0.4, -0.2) is 57.1 Å². The number of benzene rings is 1. The van der Waals surface area contributed by atoms with Gasteiger partial charge in [0.2, 0.25) is 0 Å². The van der Waals surface area contributed by atoms with E-state index in [1.165, 1.54) is 0 Å². The third-order valence-corrected chi connectivity index (χ3v) is 4.47. The second kappa shape index (κ2) is 6.92. The molecule has 0 aliphatic carbocycles. The monoisotopic (exact) mass is 344 g/mol. The van der Waals surface area contributed by atoms with Crippen LogP contribution in [0.5, 0.6) is 5.75 Å². The Kier molecular flexibility index (Phi) is 4.69. The summed E-state index contributed by atoms with van der Waals surface area (Å²) in [6.45, 7) is 2.52. The molecule has 1 aromatic carbocycles. The largest absolute Gasteiger partial charge is 0.497 e. The molecule has 25 heavy (non-hydrogen) atoms. The summed E-state index contributed by atoms with van der Waals surface area (Å²) in [6.07, 6.45) is 1.27. The lowest BCUT2D eigenvalue weighted by Crippen LogP contribution is -2.42. The number of hydrogen-bond acceptors (Lipinski definition) is 5. The topological polar surface area (TPSA) is 97.5 Å². The third-order valence-electron chi connectivity index (χ3n) is 4.47. The highest BCUT2D eigenvalue weighted by atomic mass is 16.5. The van der Waals surface area contributed by atoms with Gasteiger partial charge in [0.1, 0.15) is 5.75 Å². The molecule has 1 aromatic heterocycles. The lowest BCUT2D eigenvalue weighted by molar-refractivity contribution is -0.143. The molecule has 1 fully saturated rings. The number of rotatable bonds is 4. The van der Waals surface area contributed by atoms with Crippen LogP contribution in [0.2, 0.25) is 0 Å². The highest BCUT2D eigenvalue weighted by Crippen LogP contribution is 2.21. The van der Waals surface area contributed by atoms with E-state index in [-0.39, 0.29) is 18.1 Å². The van der Waals surface area contributed by atoms with Gasteiger partial charge in [-0.2, -0.15) is 0 Å². The molecule has 8 heteroatoms. The molecule has 1 aliphatic heterocycles. The summed E-state index contributed by atoms with van der Waals surface area (Å²) in [5.74, 6) is -0.931. The van der Waals surface area contributed by atoms with Gasteiger partial charge in [0.05, 0.1) is 24.4 Å². The van der Waals surface area contributed by atoms with Gasteiger partial charge in [0, 0.05) is 13.1 Å². The maximum atomic E-state index is 12.7. The first-order chi connectivity index (χ1) is 12.0. The summed E-state index contributed by atoms with van der Waals surface area (Å²) in [5.41, 5.74) is 1.64. The van der Waals surface area contributed by atoms with Gasteiger partial charge in [-0.25, -0.2) is 4.68 Å². The van der Waals surface area contributed by atoms with Gasteiger partial charge in [0.25, 0.3) is 5.91 Å². The lowest BCUT2D eigenvalue weighted by Gasteiger charge is -2.30. The van der Waals surface area contributed by atoms with Crippen LogP contribution in [0.3, 0.4) is 0 Å². The van der Waals surface area contributed by atoms with Gasteiger partial charge < -0.3 is 14.7 Å². The Morgan fingerprint density at radius 3 is 2.64 bits per heavy atom. The quantitative estimate of drug-likeness (QED) is 0.903. The molecule has 1 N–H and O–H groups in total. The molecule has 0 spiro atoms. The molecule has 1 atom stereocenters. The normalized spacial score (nSPS) is 17.4. The van der Waals surface area contributed by atoms with Crippen molar-refractivity contribution in [2.45, 2.75) is 19.8 Å². The van der Waals surface area contributed by atoms with E-state index in [4.69, 9.17) is 4.74 Å². The molecule has 1 saturated heterocycles. The Morgan fingerprint density at radius 2 is 2.00 bits per heavy atom. The smallest absolute Gasteiger partial charge is 0.308 e. The standard InChI is InChI=1S/C17H20N4O4/c1-11-15(16(22)20-9-3-4-12(10-20)17(23)24)18-19-21(11)13-5-7-14(25-2)8-6-13/h5-8,12H,3-4,9-10H2,1-2H3,(H,23,24). The van der Waals surface area contributed by atoms with E-state index in [0.29, 0.717) is 25.1 Å². The van der Waals surface area contributed by atoms with Crippen LogP contribution in [0, 0.1) is 12.8 Å². The van der Waals surface area contributed by atoms with Crippen molar-refractivity contribution >= 4 is 11.9 Å². The van der Waals surface area contributed by atoms with E-state index in [1.807, 2.05) is 12.1 Å². The molecule has 8 nitrogen and oxygen atoms in total. The number of piperidine rings is 1. The van der Waals surface area contributed by atoms with Crippen LogP contribution in [0.25, 0.3) is 5.69 Å². The Morgan fingerprint density at radius 1 is 1.28 bits per heavy atom. The van der Waals surface area contributed by atoms with Gasteiger partial charge in [-0.3, -0.25) is 9.59 Å².